The minimum absolute atomic E-state index is 0.291. The van der Waals surface area contributed by atoms with Crippen LogP contribution in [0.5, 0.6) is 0 Å². The molecule has 0 saturated carbocycles. The van der Waals surface area contributed by atoms with Crippen LogP contribution in [0.1, 0.15) is 41.5 Å². The van der Waals surface area contributed by atoms with E-state index in [0.717, 1.165) is 41.8 Å². The molecule has 5 heterocycles. The zero-order chi connectivity index (χ0) is 26.1. The van der Waals surface area contributed by atoms with Gasteiger partial charge in [0.1, 0.15) is 11.2 Å². The number of para-hydroxylation sites is 1. The maximum atomic E-state index is 6.59. The smallest absolute Gasteiger partial charge is 0.222 e. The lowest BCUT2D eigenvalue weighted by Gasteiger charge is -2.31. The van der Waals surface area contributed by atoms with Crippen molar-refractivity contribution in [1.82, 2.24) is 0 Å². The van der Waals surface area contributed by atoms with Crippen molar-refractivity contribution in [2.45, 2.75) is 38.1 Å². The van der Waals surface area contributed by atoms with Gasteiger partial charge in [0.2, 0.25) is 11.4 Å². The molecule has 6 aromatic rings. The highest BCUT2D eigenvalue weighted by atomic mass is 16.3. The lowest BCUT2D eigenvalue weighted by molar-refractivity contribution is -0.720. The van der Waals surface area contributed by atoms with E-state index < -0.39 is 0 Å². The Hall–Kier alpha value is -4.50. The van der Waals surface area contributed by atoms with E-state index >= 15 is 0 Å². The monoisotopic (exact) mass is 506 g/mol. The van der Waals surface area contributed by atoms with Gasteiger partial charge in [0.25, 0.3) is 0 Å². The van der Waals surface area contributed by atoms with Gasteiger partial charge in [-0.15, -0.1) is 0 Å². The fourth-order valence-electron chi connectivity index (χ4n) is 7.07. The fraction of sp³-hybridized carbons (Fsp3) is 0.167. The van der Waals surface area contributed by atoms with E-state index in [4.69, 9.17) is 4.42 Å². The van der Waals surface area contributed by atoms with E-state index in [1.165, 1.54) is 44.3 Å². The SMILES string of the molecule is C=C1CC2C(CCc3ccc4c(oc5ccccc54)c3-c3cccc[n+]31)c1ccccc1-c1ccc(C)c[n+]12. The highest BCUT2D eigenvalue weighted by Crippen LogP contribution is 2.45. The first-order chi connectivity index (χ1) is 19.2. The van der Waals surface area contributed by atoms with Crippen LogP contribution in [-0.4, -0.2) is 0 Å². The first-order valence-electron chi connectivity index (χ1n) is 13.9. The average Bonchev–Trinajstić information content (AvgIpc) is 3.35. The lowest BCUT2D eigenvalue weighted by Crippen LogP contribution is -2.49. The number of aryl methyl sites for hydroxylation is 2. The molecule has 2 aliphatic rings. The van der Waals surface area contributed by atoms with Crippen LogP contribution in [-0.2, 0) is 6.42 Å². The Balaban J connectivity index is 1.38. The third kappa shape index (κ3) is 3.36. The largest absolute Gasteiger partial charge is 0.455 e. The van der Waals surface area contributed by atoms with Gasteiger partial charge < -0.3 is 4.42 Å². The van der Waals surface area contributed by atoms with Gasteiger partial charge in [-0.3, -0.25) is 0 Å². The van der Waals surface area contributed by atoms with E-state index in [0.29, 0.717) is 12.0 Å². The molecule has 3 aromatic carbocycles. The summed E-state index contributed by atoms with van der Waals surface area (Å²) in [7, 11) is 0. The summed E-state index contributed by atoms with van der Waals surface area (Å²) < 4.78 is 11.4. The van der Waals surface area contributed by atoms with E-state index in [2.05, 4.69) is 120 Å². The van der Waals surface area contributed by atoms with Gasteiger partial charge in [-0.1, -0.05) is 48.5 Å². The molecule has 3 heteroatoms. The summed E-state index contributed by atoms with van der Waals surface area (Å²) in [4.78, 5) is 0. The zero-order valence-corrected chi connectivity index (χ0v) is 22.1. The lowest BCUT2D eigenvalue weighted by atomic mass is 9.77. The van der Waals surface area contributed by atoms with Crippen LogP contribution in [0.2, 0.25) is 0 Å². The summed E-state index contributed by atoms with van der Waals surface area (Å²) >= 11 is 0. The Labute approximate surface area is 228 Å². The van der Waals surface area contributed by atoms with Gasteiger partial charge in [0, 0.05) is 46.0 Å². The van der Waals surface area contributed by atoms with Crippen molar-refractivity contribution in [3.8, 4) is 22.5 Å². The summed E-state index contributed by atoms with van der Waals surface area (Å²) in [6.45, 7) is 6.88. The molecule has 0 spiro atoms. The highest BCUT2D eigenvalue weighted by Gasteiger charge is 2.42. The molecule has 3 nitrogen and oxygen atoms in total. The Kier molecular flexibility index (Phi) is 4.90. The van der Waals surface area contributed by atoms with E-state index in [1.54, 1.807) is 0 Å². The molecule has 2 atom stereocenters. The number of furan rings is 1. The second-order valence-corrected chi connectivity index (χ2v) is 11.1. The number of benzene rings is 3. The number of hydrogen-bond acceptors (Lipinski definition) is 1. The van der Waals surface area contributed by atoms with Crippen molar-refractivity contribution in [3.05, 3.63) is 127 Å². The van der Waals surface area contributed by atoms with Crippen LogP contribution >= 0.6 is 0 Å². The Bertz CT molecular complexity index is 1950. The maximum Gasteiger partial charge on any atom is 0.222 e. The van der Waals surface area contributed by atoms with Crippen molar-refractivity contribution in [2.24, 2.45) is 0 Å². The molecule has 2 unspecified atom stereocenters. The predicted octanol–water partition coefficient (Wildman–Crippen LogP) is 7.95. The Morgan fingerprint density at radius 2 is 1.67 bits per heavy atom. The molecule has 39 heavy (non-hydrogen) atoms. The summed E-state index contributed by atoms with van der Waals surface area (Å²) in [6.07, 6.45) is 7.40. The molecular formula is C36H30N2O+2. The van der Waals surface area contributed by atoms with Crippen LogP contribution in [0.4, 0.5) is 0 Å². The standard InChI is InChI=1S/C36H30N2O/c1-23-14-19-31-27-10-4-3-9-26(27)28-17-15-25-16-18-30-29-11-5-6-13-34(29)39-36(30)35(25)32-12-7-8-20-37(32)24(2)21-33(28)38(31)22-23/h3-14,16,18-20,22,28,33H,2,15,17,21H2,1H3/q+2. The summed E-state index contributed by atoms with van der Waals surface area (Å²) in [5.41, 5.74) is 12.0. The number of aromatic nitrogens is 2. The van der Waals surface area contributed by atoms with Crippen molar-refractivity contribution in [2.75, 3.05) is 0 Å². The molecular weight excluding hydrogens is 476 g/mol. The number of rotatable bonds is 0. The second kappa shape index (κ2) is 8.51. The van der Waals surface area contributed by atoms with Gasteiger partial charge in [0.05, 0.1) is 12.0 Å². The van der Waals surface area contributed by atoms with E-state index in [-0.39, 0.29) is 0 Å². The van der Waals surface area contributed by atoms with Gasteiger partial charge in [-0.25, -0.2) is 0 Å². The van der Waals surface area contributed by atoms with Crippen molar-refractivity contribution >= 4 is 27.6 Å². The highest BCUT2D eigenvalue weighted by molar-refractivity contribution is 6.09. The van der Waals surface area contributed by atoms with Crippen LogP contribution in [0.25, 0.3) is 50.2 Å². The Morgan fingerprint density at radius 1 is 0.821 bits per heavy atom. The van der Waals surface area contributed by atoms with E-state index in [9.17, 15) is 0 Å². The van der Waals surface area contributed by atoms with Crippen LogP contribution in [0.15, 0.2) is 114 Å². The molecule has 0 amide bonds. The summed E-state index contributed by atoms with van der Waals surface area (Å²) in [5.74, 6) is 0.377. The topological polar surface area (TPSA) is 20.9 Å². The molecule has 0 saturated heterocycles. The average molecular weight is 507 g/mol. The van der Waals surface area contributed by atoms with Gasteiger partial charge in [-0.05, 0) is 61.7 Å². The summed E-state index contributed by atoms with van der Waals surface area (Å²) in [5, 5.41) is 2.33. The minimum atomic E-state index is 0.291. The molecule has 0 radical (unpaired) electrons. The number of nitrogens with zero attached hydrogens (tertiary/aromatic N) is 2. The summed E-state index contributed by atoms with van der Waals surface area (Å²) in [6, 6.07) is 33.2. The molecule has 0 aliphatic carbocycles. The number of allylic oxidation sites excluding steroid dienone is 1. The van der Waals surface area contributed by atoms with Crippen LogP contribution in [0.3, 0.4) is 0 Å². The predicted molar refractivity (Wildman–Crippen MR) is 156 cm³/mol. The number of fused-ring (bicyclic) bond motifs is 13. The molecule has 188 valence electrons. The fourth-order valence-corrected chi connectivity index (χ4v) is 7.07. The molecule has 8 rings (SSSR count). The first-order valence-corrected chi connectivity index (χ1v) is 13.9. The van der Waals surface area contributed by atoms with Crippen molar-refractivity contribution in [1.29, 1.82) is 0 Å². The van der Waals surface area contributed by atoms with Gasteiger partial charge in [-0.2, -0.15) is 9.13 Å². The first kappa shape index (κ1) is 22.5. The quantitative estimate of drug-likeness (QED) is 0.192. The second-order valence-electron chi connectivity index (χ2n) is 11.1. The van der Waals surface area contributed by atoms with Gasteiger partial charge in [0.15, 0.2) is 24.1 Å². The van der Waals surface area contributed by atoms with Crippen LogP contribution in [0, 0.1) is 6.92 Å². The number of pyridine rings is 2. The molecule has 2 aliphatic heterocycles. The minimum Gasteiger partial charge on any atom is -0.455 e. The number of hydrogen-bond donors (Lipinski definition) is 0. The normalized spacial score (nSPS) is 18.1. The molecule has 3 aromatic heterocycles. The van der Waals surface area contributed by atoms with Crippen molar-refractivity contribution in [3.63, 3.8) is 0 Å². The zero-order valence-electron chi connectivity index (χ0n) is 22.1. The van der Waals surface area contributed by atoms with E-state index in [1.807, 2.05) is 6.07 Å². The van der Waals surface area contributed by atoms with Crippen LogP contribution < -0.4 is 9.13 Å². The van der Waals surface area contributed by atoms with Crippen molar-refractivity contribution < 1.29 is 13.6 Å². The maximum absolute atomic E-state index is 6.59. The Morgan fingerprint density at radius 3 is 2.62 bits per heavy atom. The third-order valence-corrected chi connectivity index (χ3v) is 8.84. The molecule has 0 bridgehead atoms. The third-order valence-electron chi connectivity index (χ3n) is 8.84. The van der Waals surface area contributed by atoms with Gasteiger partial charge >= 0.3 is 0 Å². The molecule has 0 fully saturated rings. The molecule has 0 N–H and O–H groups in total.